The van der Waals surface area contributed by atoms with Crippen molar-refractivity contribution in [2.45, 2.75) is 13.0 Å². The van der Waals surface area contributed by atoms with Crippen LogP contribution in [0.5, 0.6) is 0 Å². The van der Waals surface area contributed by atoms with Crippen LogP contribution in [0.15, 0.2) is 78.6 Å². The predicted octanol–water partition coefficient (Wildman–Crippen LogP) is 5.18. The molecule has 0 bridgehead atoms. The standard InChI is InChI=1S/C22H23NO/c1-17(21-14-8-12-19-11-6-7-13-22(19)21)23-16-20(24-2)15-18-9-4-3-5-10-18/h3-15,17,23H,16H2,1-2H3/b20-15-/t17-/m1/s1. The van der Waals surface area contributed by atoms with Crippen LogP contribution >= 0.6 is 0 Å². The van der Waals surface area contributed by atoms with Crippen molar-refractivity contribution in [2.75, 3.05) is 13.7 Å². The minimum Gasteiger partial charge on any atom is -0.500 e. The largest absolute Gasteiger partial charge is 0.500 e. The van der Waals surface area contributed by atoms with Gasteiger partial charge >= 0.3 is 0 Å². The number of hydrogen-bond donors (Lipinski definition) is 1. The number of hydrogen-bond acceptors (Lipinski definition) is 2. The van der Waals surface area contributed by atoms with E-state index >= 15 is 0 Å². The van der Waals surface area contributed by atoms with Gasteiger partial charge in [0.2, 0.25) is 0 Å². The Bertz CT molecular complexity index is 818. The number of nitrogens with one attached hydrogen (secondary N) is 1. The molecule has 0 spiro atoms. The molecule has 0 fully saturated rings. The molecule has 0 aliphatic heterocycles. The lowest BCUT2D eigenvalue weighted by atomic mass is 10.00. The first-order valence-corrected chi connectivity index (χ1v) is 8.28. The zero-order valence-corrected chi connectivity index (χ0v) is 14.2. The van der Waals surface area contributed by atoms with Crippen molar-refractivity contribution in [1.29, 1.82) is 0 Å². The van der Waals surface area contributed by atoms with Crippen LogP contribution < -0.4 is 5.32 Å². The van der Waals surface area contributed by atoms with Gasteiger partial charge in [0.15, 0.2) is 0 Å². The van der Waals surface area contributed by atoms with E-state index in [0.29, 0.717) is 6.54 Å². The van der Waals surface area contributed by atoms with Crippen molar-refractivity contribution in [1.82, 2.24) is 5.32 Å². The first-order valence-electron chi connectivity index (χ1n) is 8.28. The molecule has 0 radical (unpaired) electrons. The van der Waals surface area contributed by atoms with Crippen LogP contribution in [0.25, 0.3) is 16.8 Å². The van der Waals surface area contributed by atoms with E-state index in [1.807, 2.05) is 18.2 Å². The average molecular weight is 317 g/mol. The molecule has 0 unspecified atom stereocenters. The molecule has 0 heterocycles. The third kappa shape index (κ3) is 3.84. The Morgan fingerprint density at radius 1 is 0.958 bits per heavy atom. The van der Waals surface area contributed by atoms with Gasteiger partial charge in [-0.1, -0.05) is 72.8 Å². The Hall–Kier alpha value is -2.58. The molecular weight excluding hydrogens is 294 g/mol. The van der Waals surface area contributed by atoms with E-state index in [9.17, 15) is 0 Å². The number of benzene rings is 3. The summed E-state index contributed by atoms with van der Waals surface area (Å²) in [4.78, 5) is 0. The lowest BCUT2D eigenvalue weighted by Gasteiger charge is -2.17. The zero-order chi connectivity index (χ0) is 16.8. The van der Waals surface area contributed by atoms with Gasteiger partial charge in [0.1, 0.15) is 5.76 Å². The molecule has 24 heavy (non-hydrogen) atoms. The lowest BCUT2D eigenvalue weighted by Crippen LogP contribution is -2.22. The lowest BCUT2D eigenvalue weighted by molar-refractivity contribution is 0.280. The van der Waals surface area contributed by atoms with E-state index < -0.39 is 0 Å². The summed E-state index contributed by atoms with van der Waals surface area (Å²) in [6.45, 7) is 2.88. The van der Waals surface area contributed by atoms with Crippen LogP contribution in [-0.4, -0.2) is 13.7 Å². The molecule has 3 aromatic rings. The molecule has 2 heteroatoms. The molecular formula is C22H23NO. The van der Waals surface area contributed by atoms with Crippen LogP contribution in [-0.2, 0) is 4.74 Å². The fraction of sp³-hybridized carbons (Fsp3) is 0.182. The van der Waals surface area contributed by atoms with E-state index in [2.05, 4.69) is 72.9 Å². The van der Waals surface area contributed by atoms with Crippen molar-refractivity contribution in [3.63, 3.8) is 0 Å². The summed E-state index contributed by atoms with van der Waals surface area (Å²) >= 11 is 0. The maximum atomic E-state index is 5.53. The average Bonchev–Trinajstić information content (AvgIpc) is 2.65. The fourth-order valence-electron chi connectivity index (χ4n) is 2.91. The second kappa shape index (κ2) is 7.80. The van der Waals surface area contributed by atoms with Crippen molar-refractivity contribution in [3.8, 4) is 0 Å². The highest BCUT2D eigenvalue weighted by Gasteiger charge is 2.09. The monoisotopic (exact) mass is 317 g/mol. The number of methoxy groups -OCH3 is 1. The molecule has 1 N–H and O–H groups in total. The third-order valence-corrected chi connectivity index (χ3v) is 4.26. The van der Waals surface area contributed by atoms with Gasteiger partial charge in [-0.05, 0) is 34.9 Å². The van der Waals surface area contributed by atoms with Gasteiger partial charge in [-0.2, -0.15) is 0 Å². The highest BCUT2D eigenvalue weighted by Crippen LogP contribution is 2.24. The Morgan fingerprint density at radius 3 is 2.46 bits per heavy atom. The van der Waals surface area contributed by atoms with Gasteiger partial charge in [0.05, 0.1) is 13.7 Å². The fourth-order valence-corrected chi connectivity index (χ4v) is 2.91. The van der Waals surface area contributed by atoms with Crippen molar-refractivity contribution >= 4 is 16.8 Å². The second-order valence-electron chi connectivity index (χ2n) is 5.90. The highest BCUT2D eigenvalue weighted by molar-refractivity contribution is 5.86. The maximum absolute atomic E-state index is 5.53. The molecule has 122 valence electrons. The van der Waals surface area contributed by atoms with Gasteiger partial charge in [-0.25, -0.2) is 0 Å². The molecule has 0 saturated carbocycles. The quantitative estimate of drug-likeness (QED) is 0.633. The van der Waals surface area contributed by atoms with E-state index in [4.69, 9.17) is 4.74 Å². The Kier molecular flexibility index (Phi) is 5.29. The maximum Gasteiger partial charge on any atom is 0.110 e. The topological polar surface area (TPSA) is 21.3 Å². The second-order valence-corrected chi connectivity index (χ2v) is 5.90. The minimum atomic E-state index is 0.241. The van der Waals surface area contributed by atoms with Crippen molar-refractivity contribution < 1.29 is 4.74 Å². The van der Waals surface area contributed by atoms with Crippen LogP contribution in [0, 0.1) is 0 Å². The number of rotatable bonds is 6. The van der Waals surface area contributed by atoms with Gasteiger partial charge in [0, 0.05) is 6.04 Å². The summed E-state index contributed by atoms with van der Waals surface area (Å²) in [5, 5.41) is 6.14. The van der Waals surface area contributed by atoms with E-state index in [1.54, 1.807) is 7.11 Å². The SMILES string of the molecule is CO/C(=C\c1ccccc1)CN[C@H](C)c1cccc2ccccc12. The van der Waals surface area contributed by atoms with Gasteiger partial charge in [-0.15, -0.1) is 0 Å². The van der Waals surface area contributed by atoms with E-state index in [1.165, 1.54) is 16.3 Å². The molecule has 0 aromatic heterocycles. The van der Waals surface area contributed by atoms with Gasteiger partial charge in [0.25, 0.3) is 0 Å². The third-order valence-electron chi connectivity index (χ3n) is 4.26. The Balaban J connectivity index is 1.74. The van der Waals surface area contributed by atoms with Gasteiger partial charge < -0.3 is 10.1 Å². The summed E-state index contributed by atoms with van der Waals surface area (Å²) in [7, 11) is 1.72. The molecule has 0 amide bonds. The number of ether oxygens (including phenoxy) is 1. The molecule has 0 aliphatic rings. The molecule has 0 aliphatic carbocycles. The first-order chi connectivity index (χ1) is 11.8. The van der Waals surface area contributed by atoms with Gasteiger partial charge in [-0.3, -0.25) is 0 Å². The molecule has 2 nitrogen and oxygen atoms in total. The smallest absolute Gasteiger partial charge is 0.110 e. The van der Waals surface area contributed by atoms with Crippen molar-refractivity contribution in [2.24, 2.45) is 0 Å². The van der Waals surface area contributed by atoms with Crippen LogP contribution in [0.3, 0.4) is 0 Å². The molecule has 3 rings (SSSR count). The van der Waals surface area contributed by atoms with Crippen LogP contribution in [0.2, 0.25) is 0 Å². The highest BCUT2D eigenvalue weighted by atomic mass is 16.5. The van der Waals surface area contributed by atoms with E-state index in [-0.39, 0.29) is 6.04 Å². The predicted molar refractivity (Wildman–Crippen MR) is 102 cm³/mol. The summed E-state index contributed by atoms with van der Waals surface area (Å²) in [5.74, 6) is 0.924. The Labute approximate surface area is 143 Å². The summed E-state index contributed by atoms with van der Waals surface area (Å²) in [6.07, 6.45) is 2.07. The summed E-state index contributed by atoms with van der Waals surface area (Å²) < 4.78 is 5.53. The Morgan fingerprint density at radius 2 is 1.67 bits per heavy atom. The number of fused-ring (bicyclic) bond motifs is 1. The molecule has 1 atom stereocenters. The van der Waals surface area contributed by atoms with E-state index in [0.717, 1.165) is 11.3 Å². The molecule has 3 aromatic carbocycles. The summed E-state index contributed by atoms with van der Waals surface area (Å²) in [5.41, 5.74) is 2.46. The molecule has 0 saturated heterocycles. The van der Waals surface area contributed by atoms with Crippen LogP contribution in [0.4, 0.5) is 0 Å². The zero-order valence-electron chi connectivity index (χ0n) is 14.2. The van der Waals surface area contributed by atoms with Crippen LogP contribution in [0.1, 0.15) is 24.1 Å². The minimum absolute atomic E-state index is 0.241. The first kappa shape index (κ1) is 16.3. The summed E-state index contributed by atoms with van der Waals surface area (Å²) in [6, 6.07) is 25.4. The van der Waals surface area contributed by atoms with Crippen molar-refractivity contribution in [3.05, 3.63) is 89.7 Å². The normalized spacial score (nSPS) is 13.0.